The van der Waals surface area contributed by atoms with Gasteiger partial charge in [0.1, 0.15) is 10.4 Å². The summed E-state index contributed by atoms with van der Waals surface area (Å²) in [5, 5.41) is 0. The van der Waals surface area contributed by atoms with Crippen LogP contribution in [0.15, 0.2) is 22.9 Å². The summed E-state index contributed by atoms with van der Waals surface area (Å²) in [5.41, 5.74) is 1.72. The Bertz CT molecular complexity index is 543. The SMILES string of the molecule is O=Cc1ccc2c(Br)nc(C3CC3)n2c1. The van der Waals surface area contributed by atoms with Crippen molar-refractivity contribution in [3.05, 3.63) is 34.3 Å². The first-order valence-electron chi connectivity index (χ1n) is 4.92. The Hall–Kier alpha value is -1.16. The van der Waals surface area contributed by atoms with E-state index in [9.17, 15) is 4.79 Å². The van der Waals surface area contributed by atoms with Gasteiger partial charge in [0, 0.05) is 17.7 Å². The Morgan fingerprint density at radius 1 is 1.47 bits per heavy atom. The van der Waals surface area contributed by atoms with Gasteiger partial charge >= 0.3 is 0 Å². The normalized spacial score (nSPS) is 15.8. The average molecular weight is 265 g/mol. The maximum atomic E-state index is 10.7. The minimum atomic E-state index is 0.575. The highest BCUT2D eigenvalue weighted by molar-refractivity contribution is 9.10. The van der Waals surface area contributed by atoms with Crippen molar-refractivity contribution in [3.63, 3.8) is 0 Å². The van der Waals surface area contributed by atoms with Crippen LogP contribution in [0.1, 0.15) is 34.9 Å². The topological polar surface area (TPSA) is 34.4 Å². The highest BCUT2D eigenvalue weighted by Crippen LogP contribution is 2.40. The zero-order valence-corrected chi connectivity index (χ0v) is 9.57. The number of imidazole rings is 1. The second kappa shape index (κ2) is 3.17. The first kappa shape index (κ1) is 9.09. The molecule has 0 N–H and O–H groups in total. The van der Waals surface area contributed by atoms with Crippen molar-refractivity contribution in [3.8, 4) is 0 Å². The Labute approximate surface area is 95.3 Å². The number of aromatic nitrogens is 2. The van der Waals surface area contributed by atoms with Crippen molar-refractivity contribution in [1.29, 1.82) is 0 Å². The van der Waals surface area contributed by atoms with Gasteiger partial charge in [0.15, 0.2) is 6.29 Å². The third kappa shape index (κ3) is 1.40. The molecule has 2 heterocycles. The molecule has 3 nitrogen and oxygen atoms in total. The van der Waals surface area contributed by atoms with E-state index < -0.39 is 0 Å². The van der Waals surface area contributed by atoms with Crippen molar-refractivity contribution >= 4 is 27.7 Å². The fourth-order valence-corrected chi connectivity index (χ4v) is 2.29. The molecule has 1 aliphatic rings. The molecule has 0 bridgehead atoms. The molecular formula is C11H9BrN2O. The lowest BCUT2D eigenvalue weighted by Gasteiger charge is -1.99. The summed E-state index contributed by atoms with van der Waals surface area (Å²) in [5.74, 6) is 1.64. The van der Waals surface area contributed by atoms with Crippen LogP contribution < -0.4 is 0 Å². The quantitative estimate of drug-likeness (QED) is 0.782. The summed E-state index contributed by atoms with van der Waals surface area (Å²) in [7, 11) is 0. The van der Waals surface area contributed by atoms with Gasteiger partial charge in [-0.15, -0.1) is 0 Å². The van der Waals surface area contributed by atoms with Gasteiger partial charge in [0.05, 0.1) is 5.52 Å². The second-order valence-electron chi connectivity index (χ2n) is 3.87. The molecule has 1 fully saturated rings. The van der Waals surface area contributed by atoms with Crippen molar-refractivity contribution in [2.45, 2.75) is 18.8 Å². The van der Waals surface area contributed by atoms with Crippen LogP contribution >= 0.6 is 15.9 Å². The lowest BCUT2D eigenvalue weighted by Crippen LogP contribution is -1.93. The van der Waals surface area contributed by atoms with Gasteiger partial charge < -0.3 is 4.40 Å². The first-order valence-corrected chi connectivity index (χ1v) is 5.71. The highest BCUT2D eigenvalue weighted by Gasteiger charge is 2.28. The number of halogens is 1. The summed E-state index contributed by atoms with van der Waals surface area (Å²) in [6, 6.07) is 3.73. The first-order chi connectivity index (χ1) is 7.29. The minimum absolute atomic E-state index is 0.575. The van der Waals surface area contributed by atoms with E-state index in [0.717, 1.165) is 22.2 Å². The zero-order valence-electron chi connectivity index (χ0n) is 7.98. The van der Waals surface area contributed by atoms with E-state index in [1.165, 1.54) is 12.8 Å². The van der Waals surface area contributed by atoms with Crippen LogP contribution in [0.2, 0.25) is 0 Å². The molecule has 0 aliphatic heterocycles. The number of fused-ring (bicyclic) bond motifs is 1. The molecule has 2 aromatic rings. The Morgan fingerprint density at radius 2 is 2.27 bits per heavy atom. The van der Waals surface area contributed by atoms with Gasteiger partial charge in [-0.2, -0.15) is 0 Å². The third-order valence-electron chi connectivity index (χ3n) is 2.72. The zero-order chi connectivity index (χ0) is 10.4. The number of hydrogen-bond acceptors (Lipinski definition) is 2. The summed E-state index contributed by atoms with van der Waals surface area (Å²) in [6.07, 6.45) is 5.13. The van der Waals surface area contributed by atoms with Crippen molar-refractivity contribution < 1.29 is 4.79 Å². The van der Waals surface area contributed by atoms with Crippen LogP contribution in [0.3, 0.4) is 0 Å². The minimum Gasteiger partial charge on any atom is -0.302 e. The third-order valence-corrected chi connectivity index (χ3v) is 3.30. The monoisotopic (exact) mass is 264 g/mol. The molecule has 0 spiro atoms. The van der Waals surface area contributed by atoms with Crippen LogP contribution in [0.25, 0.3) is 5.52 Å². The van der Waals surface area contributed by atoms with E-state index in [1.54, 1.807) is 0 Å². The smallest absolute Gasteiger partial charge is 0.151 e. The van der Waals surface area contributed by atoms with E-state index in [2.05, 4.69) is 20.9 Å². The molecular weight excluding hydrogens is 256 g/mol. The lowest BCUT2D eigenvalue weighted by atomic mass is 10.3. The van der Waals surface area contributed by atoms with Crippen LogP contribution in [-0.2, 0) is 0 Å². The van der Waals surface area contributed by atoms with Gasteiger partial charge in [-0.25, -0.2) is 4.98 Å². The standard InChI is InChI=1S/C11H9BrN2O/c12-10-9-4-1-7(6-15)5-14(9)11(13-10)8-2-3-8/h1,4-6,8H,2-3H2. The van der Waals surface area contributed by atoms with Crippen LogP contribution in [0.4, 0.5) is 0 Å². The summed E-state index contributed by atoms with van der Waals surface area (Å²) < 4.78 is 2.88. The highest BCUT2D eigenvalue weighted by atomic mass is 79.9. The molecule has 76 valence electrons. The molecule has 3 rings (SSSR count). The van der Waals surface area contributed by atoms with Crippen molar-refractivity contribution in [1.82, 2.24) is 9.38 Å². The Balaban J connectivity index is 2.30. The number of pyridine rings is 1. The average Bonchev–Trinajstić information content (AvgIpc) is 3.04. The number of nitrogens with zero attached hydrogens (tertiary/aromatic N) is 2. The van der Waals surface area contributed by atoms with Gasteiger partial charge in [-0.1, -0.05) is 0 Å². The number of rotatable bonds is 2. The molecule has 0 aromatic carbocycles. The second-order valence-corrected chi connectivity index (χ2v) is 4.62. The van der Waals surface area contributed by atoms with Gasteiger partial charge in [-0.05, 0) is 40.9 Å². The number of aldehydes is 1. The molecule has 1 saturated carbocycles. The molecule has 0 saturated heterocycles. The van der Waals surface area contributed by atoms with E-state index in [4.69, 9.17) is 0 Å². The van der Waals surface area contributed by atoms with Gasteiger partial charge in [0.25, 0.3) is 0 Å². The molecule has 4 heteroatoms. The molecule has 0 unspecified atom stereocenters. The van der Waals surface area contributed by atoms with E-state index in [0.29, 0.717) is 11.5 Å². The maximum absolute atomic E-state index is 10.7. The fraction of sp³-hybridized carbons (Fsp3) is 0.273. The Morgan fingerprint density at radius 3 is 2.93 bits per heavy atom. The Kier molecular flexibility index (Phi) is 1.92. The number of carbonyl (C=O) groups excluding carboxylic acids is 1. The van der Waals surface area contributed by atoms with E-state index in [1.807, 2.05) is 22.7 Å². The van der Waals surface area contributed by atoms with Crippen molar-refractivity contribution in [2.24, 2.45) is 0 Å². The van der Waals surface area contributed by atoms with Crippen LogP contribution in [0, 0.1) is 0 Å². The molecule has 15 heavy (non-hydrogen) atoms. The molecule has 0 atom stereocenters. The van der Waals surface area contributed by atoms with E-state index >= 15 is 0 Å². The molecule has 0 amide bonds. The predicted molar refractivity (Wildman–Crippen MR) is 60.3 cm³/mol. The summed E-state index contributed by atoms with van der Waals surface area (Å²) in [4.78, 5) is 15.2. The lowest BCUT2D eigenvalue weighted by molar-refractivity contribution is 0.112. The molecule has 0 radical (unpaired) electrons. The van der Waals surface area contributed by atoms with E-state index in [-0.39, 0.29) is 0 Å². The fourth-order valence-electron chi connectivity index (χ4n) is 1.79. The summed E-state index contributed by atoms with van der Waals surface area (Å²) in [6.45, 7) is 0. The van der Waals surface area contributed by atoms with Gasteiger partial charge in [0.2, 0.25) is 0 Å². The van der Waals surface area contributed by atoms with Gasteiger partial charge in [-0.3, -0.25) is 4.79 Å². The largest absolute Gasteiger partial charge is 0.302 e. The van der Waals surface area contributed by atoms with Crippen molar-refractivity contribution in [2.75, 3.05) is 0 Å². The maximum Gasteiger partial charge on any atom is 0.151 e. The van der Waals surface area contributed by atoms with Crippen LogP contribution in [-0.4, -0.2) is 15.7 Å². The number of hydrogen-bond donors (Lipinski definition) is 0. The summed E-state index contributed by atoms with van der Waals surface area (Å²) >= 11 is 3.44. The molecule has 2 aromatic heterocycles. The number of carbonyl (C=O) groups is 1. The predicted octanol–water partition coefficient (Wildman–Crippen LogP) is 2.79. The molecule has 1 aliphatic carbocycles. The van der Waals surface area contributed by atoms with Crippen LogP contribution in [0.5, 0.6) is 0 Å².